The van der Waals surface area contributed by atoms with E-state index in [-0.39, 0.29) is 28.6 Å². The van der Waals surface area contributed by atoms with Crippen LogP contribution in [0.1, 0.15) is 51.4 Å². The Morgan fingerprint density at radius 1 is 0.870 bits per heavy atom. The largest absolute Gasteiger partial charge is 0.336 e. The fraction of sp³-hybridized carbons (Fsp3) is 0.933. The van der Waals surface area contributed by atoms with Gasteiger partial charge in [-0.3, -0.25) is 10.1 Å². The van der Waals surface area contributed by atoms with Crippen molar-refractivity contribution in [2.24, 2.45) is 5.92 Å². The minimum Gasteiger partial charge on any atom is -0.336 e. The van der Waals surface area contributed by atoms with Crippen LogP contribution < -0.4 is 10.6 Å². The van der Waals surface area contributed by atoms with Gasteiger partial charge in [-0.15, -0.1) is 23.2 Å². The molecule has 8 heteroatoms. The van der Waals surface area contributed by atoms with Gasteiger partial charge in [0.25, 0.3) is 0 Å². The van der Waals surface area contributed by atoms with E-state index in [1.54, 1.807) is 0 Å². The molecule has 23 heavy (non-hydrogen) atoms. The molecular weight excluding hydrogens is 401 g/mol. The summed E-state index contributed by atoms with van der Waals surface area (Å²) in [6.07, 6.45) is 6.26. The van der Waals surface area contributed by atoms with Crippen LogP contribution in [0.5, 0.6) is 0 Å². The molecule has 0 radical (unpaired) electrons. The molecule has 2 N–H and O–H groups in total. The summed E-state index contributed by atoms with van der Waals surface area (Å²) in [5.74, 6) is -0.122. The zero-order valence-electron chi connectivity index (χ0n) is 12.8. The van der Waals surface area contributed by atoms with E-state index in [0.29, 0.717) is 0 Å². The molecule has 0 spiro atoms. The molecule has 2 saturated carbocycles. The van der Waals surface area contributed by atoms with Gasteiger partial charge in [-0.1, -0.05) is 34.8 Å². The Hall–Kier alpha value is 0.880. The number of carbonyl (C=O) groups excluding carboxylic acids is 1. The lowest BCUT2D eigenvalue weighted by Crippen LogP contribution is -2.58. The average molecular weight is 425 g/mol. The number of halogens is 5. The van der Waals surface area contributed by atoms with Gasteiger partial charge in [-0.2, -0.15) is 0 Å². The molecule has 3 nitrogen and oxygen atoms in total. The Kier molecular flexibility index (Phi) is 7.91. The van der Waals surface area contributed by atoms with Crippen LogP contribution in [-0.2, 0) is 4.79 Å². The van der Waals surface area contributed by atoms with Gasteiger partial charge in [0.05, 0.1) is 0 Å². The summed E-state index contributed by atoms with van der Waals surface area (Å²) in [6, 6.07) is 0.199. The second-order valence-corrected chi connectivity index (χ2v) is 10.2. The Labute approximate surface area is 163 Å². The third kappa shape index (κ3) is 6.60. The third-order valence-corrected chi connectivity index (χ3v) is 6.23. The van der Waals surface area contributed by atoms with Gasteiger partial charge in [-0.05, 0) is 51.4 Å². The van der Waals surface area contributed by atoms with Gasteiger partial charge < -0.3 is 5.32 Å². The number of rotatable bonds is 4. The number of amides is 1. The van der Waals surface area contributed by atoms with Crippen LogP contribution in [0.15, 0.2) is 0 Å². The molecule has 2 aliphatic carbocycles. The van der Waals surface area contributed by atoms with E-state index in [1.807, 2.05) is 0 Å². The highest BCUT2D eigenvalue weighted by Gasteiger charge is 2.37. The van der Waals surface area contributed by atoms with E-state index in [4.69, 9.17) is 58.0 Å². The summed E-state index contributed by atoms with van der Waals surface area (Å²) >= 11 is 30.4. The molecule has 0 aromatic heterocycles. The third-order valence-electron chi connectivity index (χ3n) is 4.70. The first-order valence-corrected chi connectivity index (χ1v) is 10.2. The summed E-state index contributed by atoms with van der Waals surface area (Å²) in [4.78, 5) is 12.5. The molecule has 2 rings (SSSR count). The van der Waals surface area contributed by atoms with Gasteiger partial charge in [0.2, 0.25) is 9.70 Å². The summed E-state index contributed by atoms with van der Waals surface area (Å²) in [7, 11) is 0. The first-order valence-electron chi connectivity index (χ1n) is 8.17. The Morgan fingerprint density at radius 3 is 1.83 bits per heavy atom. The van der Waals surface area contributed by atoms with Crippen LogP contribution in [0, 0.1) is 5.92 Å². The zero-order valence-corrected chi connectivity index (χ0v) is 16.6. The van der Waals surface area contributed by atoms with Crippen LogP contribution in [0.4, 0.5) is 0 Å². The normalized spacial score (nSPS) is 34.0. The molecule has 134 valence electrons. The smallest absolute Gasteiger partial charge is 0.224 e. The van der Waals surface area contributed by atoms with Gasteiger partial charge >= 0.3 is 0 Å². The van der Waals surface area contributed by atoms with Crippen molar-refractivity contribution < 1.29 is 4.79 Å². The lowest BCUT2D eigenvalue weighted by atomic mass is 9.88. The maximum atomic E-state index is 12.5. The highest BCUT2D eigenvalue weighted by Crippen LogP contribution is 2.33. The van der Waals surface area contributed by atoms with Crippen molar-refractivity contribution in [1.82, 2.24) is 10.6 Å². The standard InChI is InChI=1S/C15H23Cl5N2O/c16-10-3-1-9(2-4-10)13(23)22-14(15(18,19)20)21-12-7-5-11(17)6-8-12/h9-12,14,21H,1-8H2,(H,22,23). The molecule has 0 bridgehead atoms. The molecule has 1 unspecified atom stereocenters. The highest BCUT2D eigenvalue weighted by atomic mass is 35.6. The molecule has 1 amide bonds. The lowest BCUT2D eigenvalue weighted by molar-refractivity contribution is -0.126. The predicted octanol–water partition coefficient (Wildman–Crippen LogP) is 4.74. The topological polar surface area (TPSA) is 41.1 Å². The number of hydrogen-bond acceptors (Lipinski definition) is 2. The highest BCUT2D eigenvalue weighted by molar-refractivity contribution is 6.68. The van der Waals surface area contributed by atoms with Crippen LogP contribution in [0.2, 0.25) is 0 Å². The van der Waals surface area contributed by atoms with Crippen molar-refractivity contribution in [3.05, 3.63) is 0 Å². The van der Waals surface area contributed by atoms with Gasteiger partial charge in [0.1, 0.15) is 6.17 Å². The van der Waals surface area contributed by atoms with Crippen LogP contribution in [-0.4, -0.2) is 32.7 Å². The molecule has 0 aromatic rings. The van der Waals surface area contributed by atoms with Crippen LogP contribution in [0.3, 0.4) is 0 Å². The van der Waals surface area contributed by atoms with Gasteiger partial charge in [0.15, 0.2) is 0 Å². The monoisotopic (exact) mass is 422 g/mol. The van der Waals surface area contributed by atoms with Crippen molar-refractivity contribution in [3.8, 4) is 0 Å². The first-order chi connectivity index (χ1) is 10.8. The minimum absolute atomic E-state index is 0.0553. The summed E-state index contributed by atoms with van der Waals surface area (Å²) in [5, 5.41) is 6.56. The fourth-order valence-electron chi connectivity index (χ4n) is 3.25. The van der Waals surface area contributed by atoms with Gasteiger partial charge in [-0.25, -0.2) is 0 Å². The Balaban J connectivity index is 1.89. The second kappa shape index (κ2) is 9.00. The van der Waals surface area contributed by atoms with Crippen LogP contribution >= 0.6 is 58.0 Å². The molecule has 0 saturated heterocycles. The van der Waals surface area contributed by atoms with Crippen molar-refractivity contribution in [2.75, 3.05) is 0 Å². The SMILES string of the molecule is O=C(NC(NC1CCC(Cl)CC1)C(Cl)(Cl)Cl)C1CCC(Cl)CC1. The number of nitrogens with one attached hydrogen (secondary N) is 2. The van der Waals surface area contributed by atoms with E-state index in [1.165, 1.54) is 0 Å². The van der Waals surface area contributed by atoms with E-state index in [9.17, 15) is 4.79 Å². The van der Waals surface area contributed by atoms with Crippen molar-refractivity contribution in [3.63, 3.8) is 0 Å². The predicted molar refractivity (Wildman–Crippen MR) is 98.9 cm³/mol. The number of carbonyl (C=O) groups is 1. The molecular formula is C15H23Cl5N2O. The van der Waals surface area contributed by atoms with Crippen LogP contribution in [0.25, 0.3) is 0 Å². The number of hydrogen-bond donors (Lipinski definition) is 2. The van der Waals surface area contributed by atoms with E-state index < -0.39 is 9.96 Å². The number of alkyl halides is 5. The Morgan fingerprint density at radius 2 is 1.35 bits per heavy atom. The minimum atomic E-state index is -1.60. The molecule has 0 aromatic carbocycles. The van der Waals surface area contributed by atoms with Crippen molar-refractivity contribution in [1.29, 1.82) is 0 Å². The summed E-state index contributed by atoms with van der Waals surface area (Å²) < 4.78 is -1.60. The van der Waals surface area contributed by atoms with Gasteiger partial charge in [0, 0.05) is 22.7 Å². The molecule has 2 aliphatic rings. The maximum absolute atomic E-state index is 12.5. The van der Waals surface area contributed by atoms with E-state index in [0.717, 1.165) is 51.4 Å². The average Bonchev–Trinajstić information content (AvgIpc) is 2.48. The van der Waals surface area contributed by atoms with Crippen molar-refractivity contribution >= 4 is 63.9 Å². The van der Waals surface area contributed by atoms with Crippen molar-refractivity contribution in [2.45, 2.75) is 78.1 Å². The quantitative estimate of drug-likeness (QED) is 0.506. The summed E-state index contributed by atoms with van der Waals surface area (Å²) in [6.45, 7) is 0. The first kappa shape index (κ1) is 20.2. The second-order valence-electron chi connectivity index (χ2n) is 6.55. The summed E-state index contributed by atoms with van der Waals surface area (Å²) in [5.41, 5.74) is 0. The zero-order chi connectivity index (χ0) is 17.0. The molecule has 0 aliphatic heterocycles. The molecule has 0 heterocycles. The van der Waals surface area contributed by atoms with E-state index in [2.05, 4.69) is 10.6 Å². The Bertz CT molecular complexity index is 388. The fourth-order valence-corrected chi connectivity index (χ4v) is 4.10. The molecule has 1 atom stereocenters. The van der Waals surface area contributed by atoms with E-state index >= 15 is 0 Å². The molecule has 2 fully saturated rings. The maximum Gasteiger partial charge on any atom is 0.224 e. The lowest BCUT2D eigenvalue weighted by Gasteiger charge is -2.35.